The van der Waals surface area contributed by atoms with Gasteiger partial charge < -0.3 is 21.3 Å². The fourth-order valence-corrected chi connectivity index (χ4v) is 1.12. The first kappa shape index (κ1) is 13.4. The minimum absolute atomic E-state index is 0.117. The highest BCUT2D eigenvalue weighted by molar-refractivity contribution is 6.45. The molecule has 6 heteroatoms. The summed E-state index contributed by atoms with van der Waals surface area (Å²) in [5, 5.41) is 14.3. The first-order valence-corrected chi connectivity index (χ1v) is 4.96. The average molecular weight is 201 g/mol. The summed E-state index contributed by atoms with van der Waals surface area (Å²) in [4.78, 5) is 11.0. The third kappa shape index (κ3) is 6.88. The lowest BCUT2D eigenvalue weighted by atomic mass is 9.89. The van der Waals surface area contributed by atoms with Crippen LogP contribution < -0.4 is 16.3 Å². The van der Waals surface area contributed by atoms with Gasteiger partial charge in [0.05, 0.1) is 6.04 Å². The standard InChI is InChI=1S/C8H20BN3O2/c1-9(14)12-6-4-3-5-7(10)8(13)11-2/h7,12,14H,3-6,10H2,1-2H3,(H,11,13)/t7-/m0/s1. The molecule has 0 aromatic rings. The number of hydrogen-bond donors (Lipinski definition) is 4. The van der Waals surface area contributed by atoms with E-state index in [-0.39, 0.29) is 5.91 Å². The highest BCUT2D eigenvalue weighted by atomic mass is 16.2. The predicted molar refractivity (Wildman–Crippen MR) is 57.7 cm³/mol. The predicted octanol–water partition coefficient (Wildman–Crippen LogP) is -1.07. The molecule has 5 nitrogen and oxygen atoms in total. The largest absolute Gasteiger partial charge is 0.437 e. The van der Waals surface area contributed by atoms with Crippen LogP contribution in [0.1, 0.15) is 19.3 Å². The first-order chi connectivity index (χ1) is 6.57. The number of rotatable bonds is 7. The van der Waals surface area contributed by atoms with Gasteiger partial charge in [0.25, 0.3) is 0 Å². The molecule has 0 aliphatic heterocycles. The summed E-state index contributed by atoms with van der Waals surface area (Å²) in [6.45, 7) is 2.42. The molecule has 14 heavy (non-hydrogen) atoms. The second-order valence-corrected chi connectivity index (χ2v) is 3.35. The number of hydrogen-bond acceptors (Lipinski definition) is 4. The van der Waals surface area contributed by atoms with Crippen LogP contribution in [0.2, 0.25) is 6.82 Å². The second-order valence-electron chi connectivity index (χ2n) is 3.35. The average Bonchev–Trinajstić information content (AvgIpc) is 2.15. The maximum absolute atomic E-state index is 11.0. The normalized spacial score (nSPS) is 12.3. The van der Waals surface area contributed by atoms with Gasteiger partial charge in [-0.2, -0.15) is 0 Å². The van der Waals surface area contributed by atoms with E-state index in [9.17, 15) is 4.79 Å². The maximum Gasteiger partial charge on any atom is 0.373 e. The van der Waals surface area contributed by atoms with Gasteiger partial charge >= 0.3 is 7.05 Å². The highest BCUT2D eigenvalue weighted by Gasteiger charge is 2.10. The number of likely N-dealkylation sites (N-methyl/N-ethyl adjacent to an activating group) is 1. The van der Waals surface area contributed by atoms with E-state index in [1.165, 1.54) is 0 Å². The summed E-state index contributed by atoms with van der Waals surface area (Å²) in [6, 6.07) is -0.411. The third-order valence-corrected chi connectivity index (χ3v) is 1.96. The zero-order chi connectivity index (χ0) is 11.0. The Morgan fingerprint density at radius 2 is 2.21 bits per heavy atom. The lowest BCUT2D eigenvalue weighted by Gasteiger charge is -2.09. The smallest absolute Gasteiger partial charge is 0.373 e. The SMILES string of the molecule is CNC(=O)[C@@H](N)CCCCNB(C)O. The molecule has 0 aromatic carbocycles. The number of carbonyl (C=O) groups is 1. The van der Waals surface area contributed by atoms with Crippen molar-refractivity contribution in [3.63, 3.8) is 0 Å². The minimum Gasteiger partial charge on any atom is -0.437 e. The van der Waals surface area contributed by atoms with Crippen LogP contribution in [-0.4, -0.2) is 37.6 Å². The van der Waals surface area contributed by atoms with Gasteiger partial charge in [-0.25, -0.2) is 0 Å². The molecule has 0 aromatic heterocycles. The molecule has 0 bridgehead atoms. The van der Waals surface area contributed by atoms with E-state index in [4.69, 9.17) is 10.8 Å². The van der Waals surface area contributed by atoms with Crippen LogP contribution in [0.25, 0.3) is 0 Å². The fourth-order valence-electron chi connectivity index (χ4n) is 1.12. The van der Waals surface area contributed by atoms with Crippen LogP contribution in [0.5, 0.6) is 0 Å². The van der Waals surface area contributed by atoms with Crippen LogP contribution in [0, 0.1) is 0 Å². The molecule has 0 rings (SSSR count). The molecule has 0 unspecified atom stereocenters. The van der Waals surface area contributed by atoms with Crippen molar-refractivity contribution in [2.24, 2.45) is 5.73 Å². The van der Waals surface area contributed by atoms with Crippen molar-refractivity contribution in [1.29, 1.82) is 0 Å². The van der Waals surface area contributed by atoms with Crippen LogP contribution in [-0.2, 0) is 4.79 Å². The third-order valence-electron chi connectivity index (χ3n) is 1.96. The van der Waals surface area contributed by atoms with Crippen molar-refractivity contribution in [2.75, 3.05) is 13.6 Å². The molecule has 0 aliphatic rings. The minimum atomic E-state index is -0.470. The van der Waals surface area contributed by atoms with Crippen LogP contribution in [0.3, 0.4) is 0 Å². The van der Waals surface area contributed by atoms with Crippen molar-refractivity contribution in [3.8, 4) is 0 Å². The molecule has 0 spiro atoms. The monoisotopic (exact) mass is 201 g/mol. The number of nitrogens with one attached hydrogen (secondary N) is 2. The van der Waals surface area contributed by atoms with Crippen molar-refractivity contribution < 1.29 is 9.82 Å². The van der Waals surface area contributed by atoms with E-state index < -0.39 is 13.1 Å². The number of amides is 1. The molecule has 5 N–H and O–H groups in total. The van der Waals surface area contributed by atoms with Gasteiger partial charge in [0.1, 0.15) is 0 Å². The van der Waals surface area contributed by atoms with Gasteiger partial charge in [-0.05, 0) is 26.2 Å². The Hall–Kier alpha value is -0.585. The zero-order valence-electron chi connectivity index (χ0n) is 8.92. The molecule has 0 saturated heterocycles. The Kier molecular flexibility index (Phi) is 7.46. The number of unbranched alkanes of at least 4 members (excludes halogenated alkanes) is 1. The van der Waals surface area contributed by atoms with Gasteiger partial charge in [0, 0.05) is 7.05 Å². The molecule has 0 saturated carbocycles. The van der Waals surface area contributed by atoms with Crippen molar-refractivity contribution in [3.05, 3.63) is 0 Å². The Balaban J connectivity index is 3.31. The van der Waals surface area contributed by atoms with Gasteiger partial charge in [-0.1, -0.05) is 6.42 Å². The Morgan fingerprint density at radius 1 is 1.57 bits per heavy atom. The van der Waals surface area contributed by atoms with Crippen molar-refractivity contribution in [2.45, 2.75) is 32.1 Å². The van der Waals surface area contributed by atoms with E-state index in [0.29, 0.717) is 6.42 Å². The van der Waals surface area contributed by atoms with Crippen molar-refractivity contribution >= 4 is 13.0 Å². The molecule has 0 fully saturated rings. The summed E-state index contributed by atoms with van der Waals surface area (Å²) in [7, 11) is 1.11. The van der Waals surface area contributed by atoms with Gasteiger partial charge in [-0.3, -0.25) is 4.79 Å². The molecular weight excluding hydrogens is 181 g/mol. The molecule has 1 atom stereocenters. The second kappa shape index (κ2) is 7.79. The lowest BCUT2D eigenvalue weighted by molar-refractivity contribution is -0.122. The topological polar surface area (TPSA) is 87.4 Å². The summed E-state index contributed by atoms with van der Waals surface area (Å²) in [5.41, 5.74) is 5.59. The molecule has 1 amide bonds. The number of nitrogens with two attached hydrogens (primary N) is 1. The number of carbonyl (C=O) groups excluding carboxylic acids is 1. The Morgan fingerprint density at radius 3 is 2.71 bits per heavy atom. The lowest BCUT2D eigenvalue weighted by Crippen LogP contribution is -2.38. The van der Waals surface area contributed by atoms with Crippen molar-refractivity contribution in [1.82, 2.24) is 10.5 Å². The zero-order valence-corrected chi connectivity index (χ0v) is 8.92. The Labute approximate surface area is 85.6 Å². The van der Waals surface area contributed by atoms with E-state index in [0.717, 1.165) is 19.4 Å². The first-order valence-electron chi connectivity index (χ1n) is 4.96. The molecule has 0 heterocycles. The molecule has 0 aliphatic carbocycles. The summed E-state index contributed by atoms with van der Waals surface area (Å²) in [5.74, 6) is -0.117. The van der Waals surface area contributed by atoms with E-state index in [1.54, 1.807) is 13.9 Å². The highest BCUT2D eigenvalue weighted by Crippen LogP contribution is 1.98. The van der Waals surface area contributed by atoms with E-state index >= 15 is 0 Å². The summed E-state index contributed by atoms with van der Waals surface area (Å²) >= 11 is 0. The summed E-state index contributed by atoms with van der Waals surface area (Å²) in [6.07, 6.45) is 2.48. The van der Waals surface area contributed by atoms with Gasteiger partial charge in [0.2, 0.25) is 5.91 Å². The van der Waals surface area contributed by atoms with Gasteiger partial charge in [-0.15, -0.1) is 0 Å². The van der Waals surface area contributed by atoms with Crippen LogP contribution in [0.15, 0.2) is 0 Å². The quantitative estimate of drug-likeness (QED) is 0.312. The van der Waals surface area contributed by atoms with E-state index in [2.05, 4.69) is 10.5 Å². The fraction of sp³-hybridized carbons (Fsp3) is 0.875. The van der Waals surface area contributed by atoms with Crippen LogP contribution >= 0.6 is 0 Å². The summed E-state index contributed by atoms with van der Waals surface area (Å²) < 4.78 is 0. The molecule has 0 radical (unpaired) electrons. The maximum atomic E-state index is 11.0. The molecular formula is C8H20BN3O2. The molecule has 82 valence electrons. The Bertz CT molecular complexity index is 167. The van der Waals surface area contributed by atoms with Gasteiger partial charge in [0.15, 0.2) is 0 Å². The van der Waals surface area contributed by atoms with Crippen LogP contribution in [0.4, 0.5) is 0 Å². The van der Waals surface area contributed by atoms with E-state index in [1.807, 2.05) is 0 Å².